The SMILES string of the molecule is Cc1ccc(-c2nn(CN3CCC[C@@H](C(=O)Nc4ccccn4)C3)c(=O)c3ccccc23)cc1. The number of anilines is 1. The van der Waals surface area contributed by atoms with Gasteiger partial charge >= 0.3 is 0 Å². The largest absolute Gasteiger partial charge is 0.310 e. The van der Waals surface area contributed by atoms with Crippen molar-refractivity contribution >= 4 is 22.5 Å². The average Bonchev–Trinajstić information content (AvgIpc) is 2.87. The lowest BCUT2D eigenvalue weighted by molar-refractivity contribution is -0.121. The van der Waals surface area contributed by atoms with Crippen LogP contribution in [0.15, 0.2) is 77.7 Å². The molecular formula is C27H27N5O2. The third-order valence-electron chi connectivity index (χ3n) is 6.32. The Hall–Kier alpha value is -3.84. The lowest BCUT2D eigenvalue weighted by Crippen LogP contribution is -2.43. The standard InChI is InChI=1S/C27H27N5O2/c1-19-11-13-20(14-12-19)25-22-8-2-3-9-23(22)27(34)32(30-25)18-31-16-6-7-21(17-31)26(33)29-24-10-4-5-15-28-24/h2-5,8-15,21H,6-7,16-18H2,1H3,(H,28,29,33)/t21-/m1/s1. The molecule has 1 atom stereocenters. The predicted octanol–water partition coefficient (Wildman–Crippen LogP) is 4.08. The van der Waals surface area contributed by atoms with Crippen LogP contribution < -0.4 is 10.9 Å². The molecule has 7 heteroatoms. The third-order valence-corrected chi connectivity index (χ3v) is 6.32. The Morgan fingerprint density at radius 1 is 1.03 bits per heavy atom. The van der Waals surface area contributed by atoms with Gasteiger partial charge in [0, 0.05) is 23.7 Å². The zero-order valence-corrected chi connectivity index (χ0v) is 19.1. The first-order valence-electron chi connectivity index (χ1n) is 11.6. The Bertz CT molecular complexity index is 1370. The highest BCUT2D eigenvalue weighted by Gasteiger charge is 2.27. The number of rotatable bonds is 5. The number of pyridine rings is 1. The highest BCUT2D eigenvalue weighted by Crippen LogP contribution is 2.25. The van der Waals surface area contributed by atoms with Gasteiger partial charge in [-0.25, -0.2) is 9.67 Å². The van der Waals surface area contributed by atoms with E-state index in [0.29, 0.717) is 24.4 Å². The van der Waals surface area contributed by atoms with Gasteiger partial charge in [-0.15, -0.1) is 0 Å². The molecule has 1 aliphatic heterocycles. The average molecular weight is 454 g/mol. The van der Waals surface area contributed by atoms with Crippen LogP contribution in [-0.4, -0.2) is 38.7 Å². The fourth-order valence-corrected chi connectivity index (χ4v) is 4.51. The highest BCUT2D eigenvalue weighted by molar-refractivity contribution is 5.94. The molecule has 34 heavy (non-hydrogen) atoms. The van der Waals surface area contributed by atoms with Gasteiger partial charge in [-0.3, -0.25) is 14.5 Å². The van der Waals surface area contributed by atoms with Crippen LogP contribution >= 0.6 is 0 Å². The molecule has 7 nitrogen and oxygen atoms in total. The minimum atomic E-state index is -0.163. The van der Waals surface area contributed by atoms with Gasteiger partial charge in [0.05, 0.1) is 23.7 Å². The minimum Gasteiger partial charge on any atom is -0.310 e. The van der Waals surface area contributed by atoms with Crippen molar-refractivity contribution < 1.29 is 4.79 Å². The van der Waals surface area contributed by atoms with Gasteiger partial charge < -0.3 is 5.32 Å². The molecule has 1 amide bonds. The number of amides is 1. The predicted molar refractivity (Wildman–Crippen MR) is 133 cm³/mol. The number of piperidine rings is 1. The second-order valence-corrected chi connectivity index (χ2v) is 8.83. The maximum atomic E-state index is 13.3. The van der Waals surface area contributed by atoms with Crippen LogP contribution in [0.3, 0.4) is 0 Å². The number of hydrogen-bond donors (Lipinski definition) is 1. The van der Waals surface area contributed by atoms with Gasteiger partial charge in [-0.05, 0) is 44.5 Å². The number of nitrogens with zero attached hydrogens (tertiary/aromatic N) is 4. The summed E-state index contributed by atoms with van der Waals surface area (Å²) in [4.78, 5) is 32.4. The van der Waals surface area contributed by atoms with Crippen molar-refractivity contribution in [3.63, 3.8) is 0 Å². The van der Waals surface area contributed by atoms with Crippen molar-refractivity contribution in [2.45, 2.75) is 26.4 Å². The summed E-state index contributed by atoms with van der Waals surface area (Å²) in [7, 11) is 0. The summed E-state index contributed by atoms with van der Waals surface area (Å²) >= 11 is 0. The van der Waals surface area contributed by atoms with E-state index in [1.54, 1.807) is 12.3 Å². The second kappa shape index (κ2) is 9.57. The summed E-state index contributed by atoms with van der Waals surface area (Å²) in [6.45, 7) is 3.77. The van der Waals surface area contributed by atoms with Crippen molar-refractivity contribution in [3.8, 4) is 11.3 Å². The molecule has 1 saturated heterocycles. The van der Waals surface area contributed by atoms with E-state index in [-0.39, 0.29) is 17.4 Å². The van der Waals surface area contributed by atoms with Crippen LogP contribution in [0.1, 0.15) is 18.4 Å². The van der Waals surface area contributed by atoms with Crippen LogP contribution in [0, 0.1) is 12.8 Å². The Morgan fingerprint density at radius 2 is 1.79 bits per heavy atom. The summed E-state index contributed by atoms with van der Waals surface area (Å²) in [6.07, 6.45) is 3.35. The minimum absolute atomic E-state index is 0.0393. The third kappa shape index (κ3) is 4.61. The fourth-order valence-electron chi connectivity index (χ4n) is 4.51. The molecule has 0 unspecified atom stereocenters. The molecule has 5 rings (SSSR count). The number of fused-ring (bicyclic) bond motifs is 1. The number of likely N-dealkylation sites (tertiary alicyclic amines) is 1. The lowest BCUT2D eigenvalue weighted by atomic mass is 9.97. The van der Waals surface area contributed by atoms with Crippen molar-refractivity contribution in [2.75, 3.05) is 18.4 Å². The van der Waals surface area contributed by atoms with E-state index in [9.17, 15) is 9.59 Å². The molecule has 2 aromatic carbocycles. The first-order valence-corrected chi connectivity index (χ1v) is 11.6. The van der Waals surface area contributed by atoms with Gasteiger partial charge in [0.2, 0.25) is 5.91 Å². The molecule has 0 bridgehead atoms. The van der Waals surface area contributed by atoms with Crippen molar-refractivity contribution in [1.82, 2.24) is 19.7 Å². The molecule has 1 fully saturated rings. The quantitative estimate of drug-likeness (QED) is 0.493. The Kier molecular flexibility index (Phi) is 6.18. The van der Waals surface area contributed by atoms with Crippen LogP contribution in [0.25, 0.3) is 22.0 Å². The highest BCUT2D eigenvalue weighted by atomic mass is 16.2. The molecule has 172 valence electrons. The maximum Gasteiger partial charge on any atom is 0.275 e. The van der Waals surface area contributed by atoms with E-state index in [1.165, 1.54) is 10.2 Å². The van der Waals surface area contributed by atoms with Crippen molar-refractivity contribution in [1.29, 1.82) is 0 Å². The first-order chi connectivity index (χ1) is 16.6. The monoisotopic (exact) mass is 453 g/mol. The number of aromatic nitrogens is 3. The second-order valence-electron chi connectivity index (χ2n) is 8.83. The zero-order valence-electron chi connectivity index (χ0n) is 19.1. The summed E-state index contributed by atoms with van der Waals surface area (Å²) in [5, 5.41) is 9.18. The van der Waals surface area contributed by atoms with Crippen LogP contribution in [0.4, 0.5) is 5.82 Å². The number of benzene rings is 2. The number of hydrogen-bond acceptors (Lipinski definition) is 5. The van der Waals surface area contributed by atoms with Gasteiger partial charge in [0.1, 0.15) is 5.82 Å². The van der Waals surface area contributed by atoms with E-state index >= 15 is 0 Å². The van der Waals surface area contributed by atoms with E-state index in [0.717, 1.165) is 36.0 Å². The molecule has 0 radical (unpaired) electrons. The van der Waals surface area contributed by atoms with Gasteiger partial charge in [-0.2, -0.15) is 5.10 Å². The number of carbonyl (C=O) groups excluding carboxylic acids is 1. The van der Waals surface area contributed by atoms with E-state index in [4.69, 9.17) is 5.10 Å². The Balaban J connectivity index is 1.41. The first kappa shape index (κ1) is 22.0. The Morgan fingerprint density at radius 3 is 2.56 bits per heavy atom. The molecular weight excluding hydrogens is 426 g/mol. The van der Waals surface area contributed by atoms with E-state index < -0.39 is 0 Å². The normalized spacial score (nSPS) is 16.4. The van der Waals surface area contributed by atoms with Crippen molar-refractivity contribution in [3.05, 3.63) is 88.8 Å². The van der Waals surface area contributed by atoms with E-state index in [1.807, 2.05) is 55.5 Å². The molecule has 1 N–H and O–H groups in total. The van der Waals surface area contributed by atoms with Gasteiger partial charge in [0.25, 0.3) is 5.56 Å². The maximum absolute atomic E-state index is 13.3. The molecule has 0 saturated carbocycles. The van der Waals surface area contributed by atoms with Crippen molar-refractivity contribution in [2.24, 2.45) is 5.92 Å². The van der Waals surface area contributed by atoms with Crippen LogP contribution in [0.2, 0.25) is 0 Å². The summed E-state index contributed by atoms with van der Waals surface area (Å²) in [5.41, 5.74) is 2.81. The molecule has 4 aromatic rings. The fraction of sp³-hybridized carbons (Fsp3) is 0.259. The lowest BCUT2D eigenvalue weighted by Gasteiger charge is -2.32. The molecule has 2 aromatic heterocycles. The van der Waals surface area contributed by atoms with E-state index in [2.05, 4.69) is 27.3 Å². The molecule has 3 heterocycles. The topological polar surface area (TPSA) is 80.1 Å². The van der Waals surface area contributed by atoms with Gasteiger partial charge in [0.15, 0.2) is 0 Å². The summed E-state index contributed by atoms with van der Waals surface area (Å²) in [5.74, 6) is 0.353. The molecule has 0 spiro atoms. The zero-order chi connectivity index (χ0) is 23.5. The number of nitrogens with one attached hydrogen (secondary N) is 1. The summed E-state index contributed by atoms with van der Waals surface area (Å²) in [6, 6.07) is 21.2. The van der Waals surface area contributed by atoms with Crippen LogP contribution in [0.5, 0.6) is 0 Å². The number of aryl methyl sites for hydroxylation is 1. The molecule has 0 aliphatic carbocycles. The Labute approximate surface area is 198 Å². The number of carbonyl (C=O) groups is 1. The van der Waals surface area contributed by atoms with Crippen LogP contribution in [-0.2, 0) is 11.5 Å². The smallest absolute Gasteiger partial charge is 0.275 e. The molecule has 1 aliphatic rings. The summed E-state index contributed by atoms with van der Waals surface area (Å²) < 4.78 is 1.54. The van der Waals surface area contributed by atoms with Gasteiger partial charge in [-0.1, -0.05) is 54.1 Å².